The molecule has 0 spiro atoms. The van der Waals surface area contributed by atoms with Crippen LogP contribution in [0.15, 0.2) is 10.9 Å². The monoisotopic (exact) mass is 236 g/mol. The van der Waals surface area contributed by atoms with Gasteiger partial charge in [0.25, 0.3) is 5.56 Å². The summed E-state index contributed by atoms with van der Waals surface area (Å²) < 4.78 is 0. The lowest BCUT2D eigenvalue weighted by molar-refractivity contribution is 0.519. The standard InChI is InChI=1S/C12H20N4O/c1-7(6-13)8(2)14-10-5-11(17)16-12(15-10)9-3-4-9/h5,7-9H,3-4,6,13H2,1-2H3,(H2,14,15,16,17). The third kappa shape index (κ3) is 3.06. The first-order valence-corrected chi connectivity index (χ1v) is 6.18. The summed E-state index contributed by atoms with van der Waals surface area (Å²) in [7, 11) is 0. The van der Waals surface area contributed by atoms with Gasteiger partial charge in [-0.15, -0.1) is 0 Å². The highest BCUT2D eigenvalue weighted by Gasteiger charge is 2.26. The molecule has 0 radical (unpaired) electrons. The van der Waals surface area contributed by atoms with Crippen LogP contribution in [0.3, 0.4) is 0 Å². The number of aromatic amines is 1. The molecule has 0 bridgehead atoms. The molecule has 1 heterocycles. The number of nitrogens with one attached hydrogen (secondary N) is 2. The van der Waals surface area contributed by atoms with Crippen LogP contribution in [0, 0.1) is 5.92 Å². The first kappa shape index (κ1) is 12.1. The topological polar surface area (TPSA) is 83.8 Å². The van der Waals surface area contributed by atoms with Gasteiger partial charge < -0.3 is 16.0 Å². The Balaban J connectivity index is 2.12. The molecule has 1 aromatic heterocycles. The maximum atomic E-state index is 11.5. The van der Waals surface area contributed by atoms with E-state index in [1.165, 1.54) is 6.07 Å². The lowest BCUT2D eigenvalue weighted by atomic mass is 10.0. The van der Waals surface area contributed by atoms with Crippen LogP contribution in [0.2, 0.25) is 0 Å². The molecule has 94 valence electrons. The average Bonchev–Trinajstić information content (AvgIpc) is 3.10. The van der Waals surface area contributed by atoms with Gasteiger partial charge in [-0.05, 0) is 32.2 Å². The average molecular weight is 236 g/mol. The first-order chi connectivity index (χ1) is 8.10. The van der Waals surface area contributed by atoms with Crippen LogP contribution in [-0.4, -0.2) is 22.6 Å². The van der Waals surface area contributed by atoms with Gasteiger partial charge in [-0.25, -0.2) is 4.98 Å². The van der Waals surface area contributed by atoms with Gasteiger partial charge in [-0.3, -0.25) is 4.79 Å². The summed E-state index contributed by atoms with van der Waals surface area (Å²) >= 11 is 0. The van der Waals surface area contributed by atoms with Crippen LogP contribution in [0.5, 0.6) is 0 Å². The summed E-state index contributed by atoms with van der Waals surface area (Å²) in [6.07, 6.45) is 2.25. The molecule has 5 heteroatoms. The Morgan fingerprint density at radius 3 is 2.88 bits per heavy atom. The first-order valence-electron chi connectivity index (χ1n) is 6.18. The fourth-order valence-corrected chi connectivity index (χ4v) is 1.68. The van der Waals surface area contributed by atoms with Gasteiger partial charge in [0.05, 0.1) is 0 Å². The Kier molecular flexibility index (Phi) is 3.47. The summed E-state index contributed by atoms with van der Waals surface area (Å²) in [6.45, 7) is 4.75. The third-order valence-corrected chi connectivity index (χ3v) is 3.32. The Morgan fingerprint density at radius 2 is 2.29 bits per heavy atom. The number of nitrogens with two attached hydrogens (primary N) is 1. The SMILES string of the molecule is CC(CN)C(C)Nc1cc(=O)[nH]c(C2CC2)n1. The van der Waals surface area contributed by atoms with E-state index in [9.17, 15) is 4.79 Å². The van der Waals surface area contributed by atoms with Gasteiger partial charge in [0.2, 0.25) is 0 Å². The van der Waals surface area contributed by atoms with E-state index in [0.717, 1.165) is 18.7 Å². The molecule has 4 N–H and O–H groups in total. The maximum Gasteiger partial charge on any atom is 0.252 e. The molecule has 2 atom stereocenters. The summed E-state index contributed by atoms with van der Waals surface area (Å²) in [4.78, 5) is 18.7. The zero-order valence-electron chi connectivity index (χ0n) is 10.4. The van der Waals surface area contributed by atoms with Gasteiger partial charge in [0.1, 0.15) is 11.6 Å². The van der Waals surface area contributed by atoms with Crippen LogP contribution >= 0.6 is 0 Å². The van der Waals surface area contributed by atoms with Crippen molar-refractivity contribution in [3.8, 4) is 0 Å². The van der Waals surface area contributed by atoms with Crippen LogP contribution in [0.25, 0.3) is 0 Å². The lowest BCUT2D eigenvalue weighted by Gasteiger charge is -2.20. The fraction of sp³-hybridized carbons (Fsp3) is 0.667. The zero-order valence-corrected chi connectivity index (χ0v) is 10.4. The van der Waals surface area contributed by atoms with Crippen molar-refractivity contribution in [1.82, 2.24) is 9.97 Å². The van der Waals surface area contributed by atoms with E-state index in [1.807, 2.05) is 0 Å². The van der Waals surface area contributed by atoms with E-state index in [1.54, 1.807) is 0 Å². The number of rotatable bonds is 5. The number of hydrogen-bond donors (Lipinski definition) is 3. The van der Waals surface area contributed by atoms with Crippen LogP contribution in [0.4, 0.5) is 5.82 Å². The smallest absolute Gasteiger partial charge is 0.252 e. The molecule has 1 aromatic rings. The Morgan fingerprint density at radius 1 is 1.59 bits per heavy atom. The molecule has 0 saturated heterocycles. The van der Waals surface area contributed by atoms with Crippen molar-refractivity contribution in [1.29, 1.82) is 0 Å². The zero-order chi connectivity index (χ0) is 12.4. The van der Waals surface area contributed by atoms with E-state index >= 15 is 0 Å². The summed E-state index contributed by atoms with van der Waals surface area (Å²) in [5, 5.41) is 3.25. The number of H-pyrrole nitrogens is 1. The molecule has 0 aliphatic heterocycles. The summed E-state index contributed by atoms with van der Waals surface area (Å²) in [5.74, 6) is 2.27. The number of aromatic nitrogens is 2. The van der Waals surface area contributed by atoms with Gasteiger partial charge in [-0.1, -0.05) is 6.92 Å². The largest absolute Gasteiger partial charge is 0.367 e. The van der Waals surface area contributed by atoms with Crippen molar-refractivity contribution in [2.75, 3.05) is 11.9 Å². The molecule has 1 saturated carbocycles. The molecule has 0 amide bonds. The molecule has 5 nitrogen and oxygen atoms in total. The molecule has 2 unspecified atom stereocenters. The minimum atomic E-state index is -0.0861. The van der Waals surface area contributed by atoms with Crippen LogP contribution < -0.4 is 16.6 Å². The second-order valence-electron chi connectivity index (χ2n) is 4.94. The fourth-order valence-electron chi connectivity index (χ4n) is 1.68. The second kappa shape index (κ2) is 4.87. The molecule has 17 heavy (non-hydrogen) atoms. The third-order valence-electron chi connectivity index (χ3n) is 3.32. The molecule has 1 fully saturated rings. The predicted molar refractivity (Wildman–Crippen MR) is 68.1 cm³/mol. The van der Waals surface area contributed by atoms with Crippen LogP contribution in [0.1, 0.15) is 38.4 Å². The highest BCUT2D eigenvalue weighted by Crippen LogP contribution is 2.37. The normalized spacial score (nSPS) is 18.8. The van der Waals surface area contributed by atoms with Gasteiger partial charge in [-0.2, -0.15) is 0 Å². The Hall–Kier alpha value is -1.36. The Bertz CT molecular complexity index is 438. The second-order valence-corrected chi connectivity index (χ2v) is 4.94. The Labute approximate surface area is 101 Å². The minimum absolute atomic E-state index is 0.0861. The van der Waals surface area contributed by atoms with Crippen molar-refractivity contribution >= 4 is 5.82 Å². The maximum absolute atomic E-state index is 11.5. The number of nitrogens with zero attached hydrogens (tertiary/aromatic N) is 1. The van der Waals surface area contributed by atoms with Crippen molar-refractivity contribution in [3.63, 3.8) is 0 Å². The van der Waals surface area contributed by atoms with Gasteiger partial charge >= 0.3 is 0 Å². The minimum Gasteiger partial charge on any atom is -0.367 e. The summed E-state index contributed by atoms with van der Waals surface area (Å²) in [5.41, 5.74) is 5.53. The highest BCUT2D eigenvalue weighted by atomic mass is 16.1. The number of anilines is 1. The van der Waals surface area contributed by atoms with E-state index in [0.29, 0.717) is 24.2 Å². The molecule has 1 aliphatic rings. The van der Waals surface area contributed by atoms with Crippen molar-refractivity contribution in [2.45, 2.75) is 38.6 Å². The van der Waals surface area contributed by atoms with E-state index < -0.39 is 0 Å². The molecular weight excluding hydrogens is 216 g/mol. The lowest BCUT2D eigenvalue weighted by Crippen LogP contribution is -2.30. The van der Waals surface area contributed by atoms with E-state index in [-0.39, 0.29) is 11.6 Å². The molecule has 1 aliphatic carbocycles. The molecule has 2 rings (SSSR count). The predicted octanol–water partition coefficient (Wildman–Crippen LogP) is 1.04. The van der Waals surface area contributed by atoms with Gasteiger partial charge in [0.15, 0.2) is 0 Å². The number of hydrogen-bond acceptors (Lipinski definition) is 4. The van der Waals surface area contributed by atoms with Crippen LogP contribution in [-0.2, 0) is 0 Å². The van der Waals surface area contributed by atoms with E-state index in [2.05, 4.69) is 29.1 Å². The van der Waals surface area contributed by atoms with Gasteiger partial charge in [0, 0.05) is 18.0 Å². The molecule has 0 aromatic carbocycles. The summed E-state index contributed by atoms with van der Waals surface area (Å²) in [6, 6.07) is 1.72. The highest BCUT2D eigenvalue weighted by molar-refractivity contribution is 5.35. The van der Waals surface area contributed by atoms with Crippen molar-refractivity contribution < 1.29 is 0 Å². The van der Waals surface area contributed by atoms with Crippen molar-refractivity contribution in [3.05, 3.63) is 22.2 Å². The van der Waals surface area contributed by atoms with E-state index in [4.69, 9.17) is 5.73 Å². The quantitative estimate of drug-likeness (QED) is 0.713. The van der Waals surface area contributed by atoms with Crippen molar-refractivity contribution in [2.24, 2.45) is 11.7 Å². The molecular formula is C12H20N4O.